The molecule has 0 aliphatic carbocycles. The number of aromatic nitrogens is 1. The average Bonchev–Trinajstić information content (AvgIpc) is 2.97. The summed E-state index contributed by atoms with van der Waals surface area (Å²) < 4.78 is 0.738. The molecular weight excluding hydrogens is 340 g/mol. The second-order valence-electron chi connectivity index (χ2n) is 6.13. The van der Waals surface area contributed by atoms with Crippen LogP contribution in [0.3, 0.4) is 0 Å². The Labute approximate surface area is 150 Å². The molecule has 0 radical (unpaired) electrons. The van der Waals surface area contributed by atoms with Crippen molar-refractivity contribution < 1.29 is 4.79 Å². The summed E-state index contributed by atoms with van der Waals surface area (Å²) >= 11 is 7.48. The average molecular weight is 359 g/mol. The molecule has 5 heteroatoms. The minimum atomic E-state index is 0.0000208. The molecule has 3 nitrogen and oxygen atoms in total. The third-order valence-corrected chi connectivity index (χ3v) is 5.14. The molecule has 0 bridgehead atoms. The Hall–Kier alpha value is -1.91. The van der Waals surface area contributed by atoms with Gasteiger partial charge in [0.15, 0.2) is 0 Å². The molecule has 3 aromatic rings. The molecular formula is C19H19ClN2OS. The van der Waals surface area contributed by atoms with Gasteiger partial charge in [0.1, 0.15) is 0 Å². The minimum Gasteiger partial charge on any atom is -0.337 e. The predicted molar refractivity (Wildman–Crippen MR) is 101 cm³/mol. The van der Waals surface area contributed by atoms with Crippen molar-refractivity contribution in [3.05, 3.63) is 62.9 Å². The third-order valence-electron chi connectivity index (χ3n) is 3.93. The van der Waals surface area contributed by atoms with E-state index in [-0.39, 0.29) is 11.8 Å². The largest absolute Gasteiger partial charge is 0.337 e. The van der Waals surface area contributed by atoms with Crippen LogP contribution < -0.4 is 0 Å². The lowest BCUT2D eigenvalue weighted by atomic mass is 10.0. The van der Waals surface area contributed by atoms with Crippen molar-refractivity contribution >= 4 is 39.7 Å². The van der Waals surface area contributed by atoms with Crippen LogP contribution in [-0.4, -0.2) is 22.8 Å². The third kappa shape index (κ3) is 3.45. The maximum Gasteiger partial charge on any atom is 0.254 e. The van der Waals surface area contributed by atoms with Gasteiger partial charge in [0, 0.05) is 23.0 Å². The number of rotatable bonds is 4. The fraction of sp³-hybridized carbons (Fsp3) is 0.263. The summed E-state index contributed by atoms with van der Waals surface area (Å²) in [4.78, 5) is 20.5. The number of halogens is 1. The lowest BCUT2D eigenvalue weighted by Crippen LogP contribution is -2.26. The minimum absolute atomic E-state index is 0.0000208. The van der Waals surface area contributed by atoms with Crippen LogP contribution in [0.4, 0.5) is 0 Å². The molecule has 0 aliphatic heterocycles. The summed E-state index contributed by atoms with van der Waals surface area (Å²) in [5, 5.41) is 0.892. The summed E-state index contributed by atoms with van der Waals surface area (Å²) in [5.41, 5.74) is 2.50. The fourth-order valence-corrected chi connectivity index (χ4v) is 3.76. The first-order chi connectivity index (χ1) is 11.5. The van der Waals surface area contributed by atoms with Crippen molar-refractivity contribution in [2.75, 3.05) is 7.05 Å². The number of pyridine rings is 1. The SMILES string of the molecule is CC(C)c1cc(C(=O)N(C)Cc2ccc(Cl)s2)c2ccccc2n1. The highest BCUT2D eigenvalue weighted by atomic mass is 35.5. The number of fused-ring (bicyclic) bond motifs is 1. The molecule has 124 valence electrons. The van der Waals surface area contributed by atoms with Crippen LogP contribution in [0.25, 0.3) is 10.9 Å². The Morgan fingerprint density at radius 2 is 2.00 bits per heavy atom. The summed E-state index contributed by atoms with van der Waals surface area (Å²) in [5.74, 6) is 0.266. The smallest absolute Gasteiger partial charge is 0.254 e. The van der Waals surface area contributed by atoms with Crippen LogP contribution in [0.1, 0.15) is 40.7 Å². The van der Waals surface area contributed by atoms with E-state index in [1.54, 1.807) is 4.90 Å². The van der Waals surface area contributed by atoms with Crippen LogP contribution in [0.15, 0.2) is 42.5 Å². The molecule has 1 aromatic carbocycles. The maximum atomic E-state index is 13.0. The van der Waals surface area contributed by atoms with Gasteiger partial charge in [-0.1, -0.05) is 43.6 Å². The number of carbonyl (C=O) groups excluding carboxylic acids is 1. The van der Waals surface area contributed by atoms with Gasteiger partial charge in [0.05, 0.1) is 22.0 Å². The highest BCUT2D eigenvalue weighted by Crippen LogP contribution is 2.26. The van der Waals surface area contributed by atoms with E-state index in [1.165, 1.54) is 11.3 Å². The van der Waals surface area contributed by atoms with E-state index in [2.05, 4.69) is 18.8 Å². The molecule has 24 heavy (non-hydrogen) atoms. The number of para-hydroxylation sites is 1. The number of benzene rings is 1. The van der Waals surface area contributed by atoms with Gasteiger partial charge in [-0.2, -0.15) is 0 Å². The van der Waals surface area contributed by atoms with Crippen LogP contribution in [0.2, 0.25) is 4.34 Å². The van der Waals surface area contributed by atoms with Crippen molar-refractivity contribution in [3.8, 4) is 0 Å². The monoisotopic (exact) mass is 358 g/mol. The number of thiophene rings is 1. The Morgan fingerprint density at radius 1 is 1.25 bits per heavy atom. The van der Waals surface area contributed by atoms with Crippen molar-refractivity contribution in [2.45, 2.75) is 26.3 Å². The quantitative estimate of drug-likeness (QED) is 0.630. The summed E-state index contributed by atoms with van der Waals surface area (Å²) in [7, 11) is 1.82. The molecule has 0 unspecified atom stereocenters. The van der Waals surface area contributed by atoms with E-state index >= 15 is 0 Å². The van der Waals surface area contributed by atoms with Gasteiger partial charge in [0.2, 0.25) is 0 Å². The standard InChI is InChI=1S/C19H19ClN2OS/c1-12(2)17-10-15(14-6-4-5-7-16(14)21-17)19(23)22(3)11-13-8-9-18(20)24-13/h4-10,12H,11H2,1-3H3. The zero-order valence-electron chi connectivity index (χ0n) is 13.9. The van der Waals surface area contributed by atoms with Gasteiger partial charge < -0.3 is 4.90 Å². The van der Waals surface area contributed by atoms with Crippen LogP contribution in [-0.2, 0) is 6.54 Å². The molecule has 0 saturated carbocycles. The molecule has 0 fully saturated rings. The number of nitrogens with zero attached hydrogens (tertiary/aromatic N) is 2. The second-order valence-corrected chi connectivity index (χ2v) is 7.93. The topological polar surface area (TPSA) is 33.2 Å². The second kappa shape index (κ2) is 6.91. The number of amides is 1. The first kappa shape index (κ1) is 16.9. The van der Waals surface area contributed by atoms with E-state index < -0.39 is 0 Å². The molecule has 0 atom stereocenters. The highest BCUT2D eigenvalue weighted by molar-refractivity contribution is 7.16. The van der Waals surface area contributed by atoms with E-state index in [4.69, 9.17) is 11.6 Å². The van der Waals surface area contributed by atoms with Crippen molar-refractivity contribution in [3.63, 3.8) is 0 Å². The Kier molecular flexibility index (Phi) is 4.88. The predicted octanol–water partition coefficient (Wildman–Crippen LogP) is 5.35. The Balaban J connectivity index is 1.98. The molecule has 1 amide bonds. The zero-order chi connectivity index (χ0) is 17.3. The van der Waals surface area contributed by atoms with Crippen LogP contribution in [0, 0.1) is 0 Å². The van der Waals surface area contributed by atoms with Gasteiger partial charge in [-0.05, 0) is 30.2 Å². The van der Waals surface area contributed by atoms with E-state index in [1.807, 2.05) is 49.5 Å². The fourth-order valence-electron chi connectivity index (χ4n) is 2.62. The maximum absolute atomic E-state index is 13.0. The lowest BCUT2D eigenvalue weighted by Gasteiger charge is -2.18. The number of hydrogen-bond donors (Lipinski definition) is 0. The molecule has 0 N–H and O–H groups in total. The van der Waals surface area contributed by atoms with Gasteiger partial charge in [-0.25, -0.2) is 0 Å². The van der Waals surface area contributed by atoms with Gasteiger partial charge in [-0.15, -0.1) is 11.3 Å². The van der Waals surface area contributed by atoms with E-state index in [9.17, 15) is 4.79 Å². The number of hydrogen-bond acceptors (Lipinski definition) is 3. The first-order valence-electron chi connectivity index (χ1n) is 7.85. The number of carbonyl (C=O) groups is 1. The van der Waals surface area contributed by atoms with Gasteiger partial charge in [0.25, 0.3) is 5.91 Å². The summed E-state index contributed by atoms with van der Waals surface area (Å²) in [6.07, 6.45) is 0. The van der Waals surface area contributed by atoms with Crippen LogP contribution >= 0.6 is 22.9 Å². The van der Waals surface area contributed by atoms with E-state index in [0.29, 0.717) is 12.1 Å². The normalized spacial score (nSPS) is 11.2. The molecule has 0 spiro atoms. The lowest BCUT2D eigenvalue weighted by molar-refractivity contribution is 0.0788. The van der Waals surface area contributed by atoms with Crippen LogP contribution in [0.5, 0.6) is 0 Å². The molecule has 2 aromatic heterocycles. The van der Waals surface area contributed by atoms with Crippen molar-refractivity contribution in [1.82, 2.24) is 9.88 Å². The summed E-state index contributed by atoms with van der Waals surface area (Å²) in [6.45, 7) is 4.72. The molecule has 0 saturated heterocycles. The molecule has 3 rings (SSSR count). The first-order valence-corrected chi connectivity index (χ1v) is 9.04. The van der Waals surface area contributed by atoms with E-state index in [0.717, 1.165) is 25.8 Å². The summed E-state index contributed by atoms with van der Waals surface area (Å²) in [6, 6.07) is 13.5. The van der Waals surface area contributed by atoms with Gasteiger partial charge >= 0.3 is 0 Å². The van der Waals surface area contributed by atoms with Gasteiger partial charge in [-0.3, -0.25) is 9.78 Å². The van der Waals surface area contributed by atoms with Crippen molar-refractivity contribution in [1.29, 1.82) is 0 Å². The zero-order valence-corrected chi connectivity index (χ0v) is 15.5. The molecule has 0 aliphatic rings. The molecule has 2 heterocycles. The van der Waals surface area contributed by atoms with Crippen molar-refractivity contribution in [2.24, 2.45) is 0 Å². The Bertz CT molecular complexity index is 888. The highest BCUT2D eigenvalue weighted by Gasteiger charge is 2.18. The Morgan fingerprint density at radius 3 is 2.67 bits per heavy atom.